The summed E-state index contributed by atoms with van der Waals surface area (Å²) in [4.78, 5) is 19.0. The lowest BCUT2D eigenvalue weighted by Gasteiger charge is -2.26. The van der Waals surface area contributed by atoms with Crippen molar-refractivity contribution in [3.05, 3.63) is 59.7 Å². The van der Waals surface area contributed by atoms with E-state index in [1.807, 2.05) is 31.2 Å². The van der Waals surface area contributed by atoms with Gasteiger partial charge in [0.05, 0.1) is 0 Å². The molecule has 3 rings (SSSR count). The minimum Gasteiger partial charge on any atom is -0.326 e. The summed E-state index contributed by atoms with van der Waals surface area (Å²) >= 11 is 0. The molecule has 152 valence electrons. The van der Waals surface area contributed by atoms with Crippen molar-refractivity contribution in [2.24, 2.45) is 11.7 Å². The fraction of sp³-hybridized carbons (Fsp3) is 0.417. The van der Waals surface area contributed by atoms with Crippen LogP contribution < -0.4 is 10.6 Å². The van der Waals surface area contributed by atoms with Crippen LogP contribution in [0.4, 0.5) is 10.1 Å². The minimum absolute atomic E-state index is 0.0229. The summed E-state index contributed by atoms with van der Waals surface area (Å²) in [6.45, 7) is 4.56. The second-order valence-corrected chi connectivity index (χ2v) is 7.55. The van der Waals surface area contributed by atoms with Gasteiger partial charge in [-0.15, -0.1) is 0 Å². The van der Waals surface area contributed by atoms with Crippen LogP contribution >= 0.6 is 0 Å². The second kappa shape index (κ2) is 9.67. The molecule has 0 bridgehead atoms. The van der Waals surface area contributed by atoms with Gasteiger partial charge in [0.1, 0.15) is 0 Å². The van der Waals surface area contributed by atoms with Gasteiger partial charge in [0.25, 0.3) is 0 Å². The Morgan fingerprint density at radius 1 is 1.28 bits per heavy atom. The standard InChI is InChI=1S/C24H28FN3O/c1-3-5-6-8-17-11-13-19(14-12-17)28(16-18(26)4-2)24(29)21-15-20(21)22-9-7-10-23(25)27-22/h7,9-14,18,20-21H,3-5,15-16,26H2,1-2H3. The molecule has 29 heavy (non-hydrogen) atoms. The maximum Gasteiger partial charge on any atom is 0.230 e. The summed E-state index contributed by atoms with van der Waals surface area (Å²) in [5.41, 5.74) is 8.56. The number of halogens is 1. The fourth-order valence-corrected chi connectivity index (χ4v) is 3.33. The van der Waals surface area contributed by atoms with Crippen molar-refractivity contribution in [1.29, 1.82) is 0 Å². The Bertz CT molecular complexity index is 900. The summed E-state index contributed by atoms with van der Waals surface area (Å²) in [6.07, 6.45) is 3.37. The number of unbranched alkanes of at least 4 members (excludes halogenated alkanes) is 1. The van der Waals surface area contributed by atoms with Crippen LogP contribution in [0.1, 0.15) is 56.7 Å². The molecule has 0 aliphatic heterocycles. The number of hydrogen-bond donors (Lipinski definition) is 1. The Labute approximate surface area is 172 Å². The van der Waals surface area contributed by atoms with Crippen molar-refractivity contribution in [2.45, 2.75) is 51.5 Å². The van der Waals surface area contributed by atoms with Crippen molar-refractivity contribution in [3.8, 4) is 11.8 Å². The number of aromatic nitrogens is 1. The van der Waals surface area contributed by atoms with Crippen LogP contribution in [0.3, 0.4) is 0 Å². The molecule has 0 saturated heterocycles. The number of nitrogens with zero attached hydrogens (tertiary/aromatic N) is 2. The molecule has 1 fully saturated rings. The smallest absolute Gasteiger partial charge is 0.230 e. The lowest BCUT2D eigenvalue weighted by atomic mass is 10.1. The topological polar surface area (TPSA) is 59.2 Å². The number of hydrogen-bond acceptors (Lipinski definition) is 3. The van der Waals surface area contributed by atoms with E-state index in [1.54, 1.807) is 17.0 Å². The molecule has 3 unspecified atom stereocenters. The number of benzene rings is 1. The van der Waals surface area contributed by atoms with Crippen molar-refractivity contribution >= 4 is 11.6 Å². The molecule has 3 atom stereocenters. The average molecular weight is 394 g/mol. The lowest BCUT2D eigenvalue weighted by molar-refractivity contribution is -0.120. The first-order chi connectivity index (χ1) is 14.0. The minimum atomic E-state index is -0.509. The Kier molecular flexibility index (Phi) is 7.00. The third kappa shape index (κ3) is 5.42. The Hall–Kier alpha value is -2.71. The maximum absolute atomic E-state index is 13.4. The highest BCUT2D eigenvalue weighted by Gasteiger charge is 2.47. The average Bonchev–Trinajstić information content (AvgIpc) is 3.53. The number of anilines is 1. The van der Waals surface area contributed by atoms with Crippen LogP contribution in [0, 0.1) is 23.7 Å². The largest absolute Gasteiger partial charge is 0.326 e. The molecule has 0 radical (unpaired) electrons. The zero-order valence-corrected chi connectivity index (χ0v) is 17.1. The summed E-state index contributed by atoms with van der Waals surface area (Å²) in [6, 6.07) is 12.4. The van der Waals surface area contributed by atoms with Crippen LogP contribution in [0.2, 0.25) is 0 Å². The van der Waals surface area contributed by atoms with Crippen LogP contribution in [-0.2, 0) is 4.79 Å². The first kappa shape index (κ1) is 21.0. The molecule has 1 aliphatic carbocycles. The molecule has 1 saturated carbocycles. The summed E-state index contributed by atoms with van der Waals surface area (Å²) in [7, 11) is 0. The molecule has 1 aromatic heterocycles. The number of pyridine rings is 1. The van der Waals surface area contributed by atoms with Gasteiger partial charge in [-0.05, 0) is 55.7 Å². The highest BCUT2D eigenvalue weighted by atomic mass is 19.1. The first-order valence-corrected chi connectivity index (χ1v) is 10.3. The monoisotopic (exact) mass is 393 g/mol. The third-order valence-electron chi connectivity index (χ3n) is 5.22. The second-order valence-electron chi connectivity index (χ2n) is 7.55. The van der Waals surface area contributed by atoms with Crippen molar-refractivity contribution in [1.82, 2.24) is 4.98 Å². The van der Waals surface area contributed by atoms with Crippen LogP contribution in [0.15, 0.2) is 42.5 Å². The molecule has 0 spiro atoms. The Balaban J connectivity index is 1.77. The van der Waals surface area contributed by atoms with Crippen molar-refractivity contribution in [2.75, 3.05) is 11.4 Å². The van der Waals surface area contributed by atoms with Gasteiger partial charge in [-0.25, -0.2) is 4.98 Å². The Morgan fingerprint density at radius 3 is 2.69 bits per heavy atom. The first-order valence-electron chi connectivity index (χ1n) is 10.3. The molecule has 1 amide bonds. The van der Waals surface area contributed by atoms with Crippen LogP contribution in [-0.4, -0.2) is 23.5 Å². The Morgan fingerprint density at radius 2 is 2.03 bits per heavy atom. The normalized spacial score (nSPS) is 18.5. The quantitative estimate of drug-likeness (QED) is 0.565. The number of nitrogens with two attached hydrogens (primary N) is 1. The van der Waals surface area contributed by atoms with Gasteiger partial charge in [-0.1, -0.05) is 31.8 Å². The van der Waals surface area contributed by atoms with E-state index < -0.39 is 5.95 Å². The molecule has 4 nitrogen and oxygen atoms in total. The maximum atomic E-state index is 13.4. The van der Waals surface area contributed by atoms with E-state index in [0.717, 1.165) is 30.5 Å². The predicted octanol–water partition coefficient (Wildman–Crippen LogP) is 4.25. The zero-order chi connectivity index (χ0) is 20.8. The molecule has 1 heterocycles. The van der Waals surface area contributed by atoms with E-state index in [0.29, 0.717) is 18.7 Å². The van der Waals surface area contributed by atoms with Gasteiger partial charge in [-0.2, -0.15) is 4.39 Å². The zero-order valence-electron chi connectivity index (χ0n) is 17.1. The number of carbonyl (C=O) groups excluding carboxylic acids is 1. The molecular formula is C24H28FN3O. The van der Waals surface area contributed by atoms with Gasteiger partial charge in [-0.3, -0.25) is 4.79 Å². The van der Waals surface area contributed by atoms with E-state index in [9.17, 15) is 9.18 Å². The number of amides is 1. The molecule has 2 aromatic rings. The number of rotatable bonds is 7. The van der Waals surface area contributed by atoms with Crippen LogP contribution in [0.25, 0.3) is 0 Å². The third-order valence-corrected chi connectivity index (χ3v) is 5.22. The number of carbonyl (C=O) groups is 1. The highest BCUT2D eigenvalue weighted by Crippen LogP contribution is 2.48. The van der Waals surface area contributed by atoms with Crippen molar-refractivity contribution in [3.63, 3.8) is 0 Å². The lowest BCUT2D eigenvalue weighted by Crippen LogP contribution is -2.42. The van der Waals surface area contributed by atoms with E-state index >= 15 is 0 Å². The summed E-state index contributed by atoms with van der Waals surface area (Å²) in [5.74, 6) is 5.57. The molecule has 2 N–H and O–H groups in total. The van der Waals surface area contributed by atoms with Gasteiger partial charge in [0.15, 0.2) is 0 Å². The molecule has 1 aromatic carbocycles. The summed E-state index contributed by atoms with van der Waals surface area (Å²) in [5, 5.41) is 0. The summed E-state index contributed by atoms with van der Waals surface area (Å²) < 4.78 is 13.4. The van der Waals surface area contributed by atoms with E-state index in [-0.39, 0.29) is 23.8 Å². The van der Waals surface area contributed by atoms with Crippen molar-refractivity contribution < 1.29 is 9.18 Å². The van der Waals surface area contributed by atoms with Gasteiger partial charge >= 0.3 is 0 Å². The van der Waals surface area contributed by atoms with Gasteiger partial charge in [0.2, 0.25) is 11.9 Å². The van der Waals surface area contributed by atoms with Gasteiger partial charge in [0, 0.05) is 47.8 Å². The molecule has 5 heteroatoms. The van der Waals surface area contributed by atoms with E-state index in [2.05, 4.69) is 23.7 Å². The highest BCUT2D eigenvalue weighted by molar-refractivity contribution is 5.97. The van der Waals surface area contributed by atoms with E-state index in [4.69, 9.17) is 5.73 Å². The molecule has 1 aliphatic rings. The van der Waals surface area contributed by atoms with Gasteiger partial charge < -0.3 is 10.6 Å². The van der Waals surface area contributed by atoms with Crippen LogP contribution in [0.5, 0.6) is 0 Å². The molecular weight excluding hydrogens is 365 g/mol. The SMILES string of the molecule is CCCC#Cc1ccc(N(CC(N)CC)C(=O)C2CC2c2cccc(F)n2)cc1. The van der Waals surface area contributed by atoms with E-state index in [1.165, 1.54) is 6.07 Å². The predicted molar refractivity (Wildman–Crippen MR) is 114 cm³/mol. The fourth-order valence-electron chi connectivity index (χ4n) is 3.33.